The number of rotatable bonds is 10. The van der Waals surface area contributed by atoms with Gasteiger partial charge in [0, 0.05) is 30.7 Å². The molecule has 2 rings (SSSR count). The smallest absolute Gasteiger partial charge is 0.0897 e. The zero-order valence-corrected chi connectivity index (χ0v) is 13.4. The number of hydrogen-bond donors (Lipinski definition) is 2. The van der Waals surface area contributed by atoms with Crippen LogP contribution in [0.4, 0.5) is 0 Å². The Bertz CT molecular complexity index is 409. The molecule has 1 aromatic rings. The van der Waals surface area contributed by atoms with Crippen LogP contribution in [0.2, 0.25) is 5.02 Å². The van der Waals surface area contributed by atoms with Crippen LogP contribution in [0, 0.1) is 0 Å². The number of halogens is 1. The molecule has 5 heteroatoms. The zero-order chi connectivity index (χ0) is 15.1. The molecule has 0 heterocycles. The van der Waals surface area contributed by atoms with Crippen LogP contribution in [0.1, 0.15) is 18.4 Å². The van der Waals surface area contributed by atoms with Gasteiger partial charge in [0.1, 0.15) is 0 Å². The number of hydrogen-bond acceptors (Lipinski definition) is 4. The van der Waals surface area contributed by atoms with E-state index in [4.69, 9.17) is 16.3 Å². The third-order valence-corrected chi connectivity index (χ3v) is 3.94. The molecule has 4 nitrogen and oxygen atoms in total. The van der Waals surface area contributed by atoms with Crippen molar-refractivity contribution in [2.45, 2.75) is 31.6 Å². The molecule has 1 aliphatic carbocycles. The summed E-state index contributed by atoms with van der Waals surface area (Å²) >= 11 is 5.82. The Morgan fingerprint density at radius 2 is 2.10 bits per heavy atom. The fourth-order valence-corrected chi connectivity index (χ4v) is 2.30. The average molecular weight is 313 g/mol. The minimum Gasteiger partial charge on any atom is -0.389 e. The first-order valence-electron chi connectivity index (χ1n) is 7.56. The number of benzene rings is 1. The molecule has 0 saturated heterocycles. The van der Waals surface area contributed by atoms with Gasteiger partial charge in [0.05, 0.1) is 19.3 Å². The molecule has 0 radical (unpaired) electrons. The van der Waals surface area contributed by atoms with Gasteiger partial charge in [-0.15, -0.1) is 0 Å². The fraction of sp³-hybridized carbons (Fsp3) is 0.625. The van der Waals surface area contributed by atoms with E-state index in [0.717, 1.165) is 29.7 Å². The standard InChI is InChI=1S/C16H25ClN2O2/c1-19(15-6-7-15)9-8-18-10-16(20)12-21-11-13-2-4-14(17)5-3-13/h2-5,15-16,18,20H,6-12H2,1H3. The summed E-state index contributed by atoms with van der Waals surface area (Å²) in [6.07, 6.45) is 2.19. The molecule has 21 heavy (non-hydrogen) atoms. The van der Waals surface area contributed by atoms with Gasteiger partial charge in [-0.3, -0.25) is 0 Å². The minimum absolute atomic E-state index is 0.341. The van der Waals surface area contributed by atoms with Crippen molar-refractivity contribution in [3.05, 3.63) is 34.9 Å². The maximum Gasteiger partial charge on any atom is 0.0897 e. The molecule has 1 aromatic carbocycles. The van der Waals surface area contributed by atoms with Crippen LogP contribution in [0.25, 0.3) is 0 Å². The van der Waals surface area contributed by atoms with Crippen LogP contribution in [-0.4, -0.2) is 55.4 Å². The summed E-state index contributed by atoms with van der Waals surface area (Å²) < 4.78 is 5.50. The molecule has 0 amide bonds. The lowest BCUT2D eigenvalue weighted by Gasteiger charge is -2.17. The van der Waals surface area contributed by atoms with Crippen molar-refractivity contribution in [2.24, 2.45) is 0 Å². The normalized spacial score (nSPS) is 16.4. The maximum absolute atomic E-state index is 9.84. The highest BCUT2D eigenvalue weighted by Crippen LogP contribution is 2.24. The van der Waals surface area contributed by atoms with E-state index in [9.17, 15) is 5.11 Å². The van der Waals surface area contributed by atoms with Crippen molar-refractivity contribution in [1.82, 2.24) is 10.2 Å². The van der Waals surface area contributed by atoms with Crippen LogP contribution < -0.4 is 5.32 Å². The molecule has 1 fully saturated rings. The minimum atomic E-state index is -0.469. The number of likely N-dealkylation sites (N-methyl/N-ethyl adjacent to an activating group) is 1. The van der Waals surface area contributed by atoms with Gasteiger partial charge < -0.3 is 20.1 Å². The van der Waals surface area contributed by atoms with Gasteiger partial charge in [-0.25, -0.2) is 0 Å². The molecule has 0 aromatic heterocycles. The van der Waals surface area contributed by atoms with Crippen molar-refractivity contribution in [2.75, 3.05) is 33.3 Å². The van der Waals surface area contributed by atoms with Gasteiger partial charge in [-0.2, -0.15) is 0 Å². The van der Waals surface area contributed by atoms with Crippen LogP contribution >= 0.6 is 11.6 Å². The van der Waals surface area contributed by atoms with Crippen molar-refractivity contribution in [3.8, 4) is 0 Å². The molecule has 0 spiro atoms. The Labute approximate surface area is 132 Å². The zero-order valence-electron chi connectivity index (χ0n) is 12.6. The first-order valence-corrected chi connectivity index (χ1v) is 7.94. The largest absolute Gasteiger partial charge is 0.389 e. The Balaban J connectivity index is 1.49. The molecular weight excluding hydrogens is 288 g/mol. The molecule has 2 N–H and O–H groups in total. The van der Waals surface area contributed by atoms with Crippen LogP contribution in [-0.2, 0) is 11.3 Å². The number of nitrogens with one attached hydrogen (secondary N) is 1. The van der Waals surface area contributed by atoms with E-state index in [2.05, 4.69) is 17.3 Å². The van der Waals surface area contributed by atoms with Gasteiger partial charge in [0.25, 0.3) is 0 Å². The summed E-state index contributed by atoms with van der Waals surface area (Å²) in [7, 11) is 2.16. The predicted molar refractivity (Wildman–Crippen MR) is 85.6 cm³/mol. The van der Waals surface area contributed by atoms with E-state index >= 15 is 0 Å². The monoisotopic (exact) mass is 312 g/mol. The molecule has 118 valence electrons. The van der Waals surface area contributed by atoms with E-state index in [1.165, 1.54) is 12.8 Å². The summed E-state index contributed by atoms with van der Waals surface area (Å²) in [6, 6.07) is 8.34. The summed E-state index contributed by atoms with van der Waals surface area (Å²) in [6.45, 7) is 3.34. The highest BCUT2D eigenvalue weighted by Gasteiger charge is 2.25. The molecule has 0 aliphatic heterocycles. The second kappa shape index (κ2) is 8.71. The quantitative estimate of drug-likeness (QED) is 0.648. The Hall–Kier alpha value is -0.650. The number of ether oxygens (including phenoxy) is 1. The molecule has 1 atom stereocenters. The predicted octanol–water partition coefficient (Wildman–Crippen LogP) is 1.90. The van der Waals surface area contributed by atoms with Gasteiger partial charge in [0.2, 0.25) is 0 Å². The summed E-state index contributed by atoms with van der Waals surface area (Å²) in [5.41, 5.74) is 1.06. The van der Waals surface area contributed by atoms with E-state index in [-0.39, 0.29) is 0 Å². The van der Waals surface area contributed by atoms with Crippen LogP contribution in [0.5, 0.6) is 0 Å². The first kappa shape index (κ1) is 16.7. The van der Waals surface area contributed by atoms with E-state index in [0.29, 0.717) is 19.8 Å². The highest BCUT2D eigenvalue weighted by molar-refractivity contribution is 6.30. The van der Waals surface area contributed by atoms with Gasteiger partial charge in [-0.05, 0) is 37.6 Å². The third kappa shape index (κ3) is 6.76. The van der Waals surface area contributed by atoms with E-state index in [1.807, 2.05) is 24.3 Å². The van der Waals surface area contributed by atoms with Gasteiger partial charge in [0.15, 0.2) is 0 Å². The lowest BCUT2D eigenvalue weighted by Crippen LogP contribution is -2.36. The average Bonchev–Trinajstić information content (AvgIpc) is 3.30. The number of aliphatic hydroxyl groups excluding tert-OH is 1. The van der Waals surface area contributed by atoms with E-state index in [1.54, 1.807) is 0 Å². The molecular formula is C16H25ClN2O2. The number of nitrogens with zero attached hydrogens (tertiary/aromatic N) is 1. The van der Waals surface area contributed by atoms with Crippen molar-refractivity contribution < 1.29 is 9.84 Å². The SMILES string of the molecule is CN(CCNCC(O)COCc1ccc(Cl)cc1)C1CC1. The molecule has 0 bridgehead atoms. The summed E-state index contributed by atoms with van der Waals surface area (Å²) in [4.78, 5) is 2.37. The van der Waals surface area contributed by atoms with Crippen LogP contribution in [0.3, 0.4) is 0 Å². The summed E-state index contributed by atoms with van der Waals surface area (Å²) in [5.74, 6) is 0. The lowest BCUT2D eigenvalue weighted by molar-refractivity contribution is 0.0287. The molecule has 1 saturated carbocycles. The summed E-state index contributed by atoms with van der Waals surface area (Å²) in [5, 5.41) is 13.8. The van der Waals surface area contributed by atoms with Gasteiger partial charge >= 0.3 is 0 Å². The van der Waals surface area contributed by atoms with Crippen molar-refractivity contribution in [3.63, 3.8) is 0 Å². The molecule has 1 unspecified atom stereocenters. The van der Waals surface area contributed by atoms with Crippen LogP contribution in [0.15, 0.2) is 24.3 Å². The van der Waals surface area contributed by atoms with E-state index < -0.39 is 6.10 Å². The van der Waals surface area contributed by atoms with Gasteiger partial charge in [-0.1, -0.05) is 23.7 Å². The van der Waals surface area contributed by atoms with Crippen molar-refractivity contribution >= 4 is 11.6 Å². The maximum atomic E-state index is 9.84. The topological polar surface area (TPSA) is 44.7 Å². The van der Waals surface area contributed by atoms with Crippen molar-refractivity contribution in [1.29, 1.82) is 0 Å². The Morgan fingerprint density at radius 1 is 1.38 bits per heavy atom. The highest BCUT2D eigenvalue weighted by atomic mass is 35.5. The Morgan fingerprint density at radius 3 is 2.76 bits per heavy atom. The first-order chi connectivity index (χ1) is 10.1. The number of aliphatic hydroxyl groups is 1. The molecule has 1 aliphatic rings. The third-order valence-electron chi connectivity index (χ3n) is 3.68. The second-order valence-electron chi connectivity index (χ2n) is 5.71. The Kier molecular flexibility index (Phi) is 6.93. The lowest BCUT2D eigenvalue weighted by atomic mass is 10.2. The fourth-order valence-electron chi connectivity index (χ4n) is 2.17. The second-order valence-corrected chi connectivity index (χ2v) is 6.15.